The van der Waals surface area contributed by atoms with Gasteiger partial charge in [-0.15, -0.1) is 0 Å². The molecule has 0 N–H and O–H groups in total. The highest BCUT2D eigenvalue weighted by molar-refractivity contribution is 5.99. The van der Waals surface area contributed by atoms with Crippen molar-refractivity contribution < 1.29 is 0 Å². The SMILES string of the molecule is CC1=CCCC(C#N)=N1. The molecule has 1 aliphatic rings. The lowest BCUT2D eigenvalue weighted by Crippen LogP contribution is -1.97. The van der Waals surface area contributed by atoms with E-state index in [1.165, 1.54) is 0 Å². The van der Waals surface area contributed by atoms with E-state index >= 15 is 0 Å². The van der Waals surface area contributed by atoms with E-state index in [0.717, 1.165) is 18.5 Å². The van der Waals surface area contributed by atoms with Crippen molar-refractivity contribution in [2.75, 3.05) is 0 Å². The fourth-order valence-electron chi connectivity index (χ4n) is 0.813. The van der Waals surface area contributed by atoms with Crippen molar-refractivity contribution in [2.45, 2.75) is 19.8 Å². The molecule has 0 aromatic carbocycles. The Morgan fingerprint density at radius 1 is 1.78 bits per heavy atom. The zero-order valence-electron chi connectivity index (χ0n) is 5.39. The third-order valence-electron chi connectivity index (χ3n) is 1.26. The average molecular weight is 120 g/mol. The molecule has 0 radical (unpaired) electrons. The van der Waals surface area contributed by atoms with E-state index in [0.29, 0.717) is 5.71 Å². The first-order chi connectivity index (χ1) is 4.33. The van der Waals surface area contributed by atoms with Crippen LogP contribution in [-0.4, -0.2) is 5.71 Å². The Labute approximate surface area is 54.5 Å². The standard InChI is InChI=1S/C7H8N2/c1-6-3-2-4-7(5-8)9-6/h3H,2,4H2,1H3. The zero-order valence-corrected chi connectivity index (χ0v) is 5.39. The minimum absolute atomic E-state index is 0.662. The number of nitriles is 1. The van der Waals surface area contributed by atoms with Crippen molar-refractivity contribution in [3.63, 3.8) is 0 Å². The Kier molecular flexibility index (Phi) is 1.64. The van der Waals surface area contributed by atoms with Crippen LogP contribution in [0.5, 0.6) is 0 Å². The van der Waals surface area contributed by atoms with Crippen LogP contribution in [0.4, 0.5) is 0 Å². The average Bonchev–Trinajstić information content (AvgIpc) is 1.88. The molecule has 0 saturated carbocycles. The highest BCUT2D eigenvalue weighted by Crippen LogP contribution is 2.08. The summed E-state index contributed by atoms with van der Waals surface area (Å²) in [4.78, 5) is 4.02. The molecule has 0 unspecified atom stereocenters. The molecule has 0 aromatic rings. The molecule has 0 spiro atoms. The maximum Gasteiger partial charge on any atom is 0.118 e. The van der Waals surface area contributed by atoms with Crippen LogP contribution in [0, 0.1) is 11.3 Å². The van der Waals surface area contributed by atoms with Gasteiger partial charge >= 0.3 is 0 Å². The van der Waals surface area contributed by atoms with E-state index in [9.17, 15) is 0 Å². The van der Waals surface area contributed by atoms with Gasteiger partial charge in [-0.3, -0.25) is 0 Å². The first-order valence-corrected chi connectivity index (χ1v) is 2.97. The highest BCUT2D eigenvalue weighted by Gasteiger charge is 2.01. The molecule has 0 fully saturated rings. The molecule has 9 heavy (non-hydrogen) atoms. The van der Waals surface area contributed by atoms with Crippen molar-refractivity contribution in [1.82, 2.24) is 0 Å². The summed E-state index contributed by atoms with van der Waals surface area (Å²) >= 11 is 0. The number of allylic oxidation sites excluding steroid dienone is 2. The molecule has 2 heteroatoms. The topological polar surface area (TPSA) is 36.1 Å². The molecular weight excluding hydrogens is 112 g/mol. The van der Waals surface area contributed by atoms with Crippen LogP contribution in [0.2, 0.25) is 0 Å². The third-order valence-corrected chi connectivity index (χ3v) is 1.26. The fourth-order valence-corrected chi connectivity index (χ4v) is 0.813. The van der Waals surface area contributed by atoms with Crippen LogP contribution >= 0.6 is 0 Å². The van der Waals surface area contributed by atoms with Gasteiger partial charge in [-0.05, 0) is 13.3 Å². The van der Waals surface area contributed by atoms with E-state index in [1.807, 2.05) is 19.1 Å². The van der Waals surface area contributed by atoms with Crippen molar-refractivity contribution in [1.29, 1.82) is 5.26 Å². The Hall–Kier alpha value is -1.10. The van der Waals surface area contributed by atoms with Crippen LogP contribution in [-0.2, 0) is 0 Å². The van der Waals surface area contributed by atoms with Crippen LogP contribution in [0.1, 0.15) is 19.8 Å². The summed E-state index contributed by atoms with van der Waals surface area (Å²) in [5.74, 6) is 0. The minimum Gasteiger partial charge on any atom is -0.247 e. The van der Waals surface area contributed by atoms with E-state index in [2.05, 4.69) is 4.99 Å². The van der Waals surface area contributed by atoms with Crippen LogP contribution in [0.15, 0.2) is 16.8 Å². The Bertz CT molecular complexity index is 205. The number of hydrogen-bond donors (Lipinski definition) is 0. The molecule has 0 aromatic heterocycles. The van der Waals surface area contributed by atoms with Crippen molar-refractivity contribution in [3.05, 3.63) is 11.8 Å². The largest absolute Gasteiger partial charge is 0.247 e. The first-order valence-electron chi connectivity index (χ1n) is 2.97. The normalized spacial score (nSPS) is 17.8. The second-order valence-electron chi connectivity index (χ2n) is 2.05. The molecular formula is C7H8N2. The predicted octanol–water partition coefficient (Wildman–Crippen LogP) is 1.65. The van der Waals surface area contributed by atoms with E-state index in [-0.39, 0.29) is 0 Å². The van der Waals surface area contributed by atoms with E-state index < -0.39 is 0 Å². The molecule has 0 bridgehead atoms. The molecule has 0 saturated heterocycles. The molecule has 46 valence electrons. The summed E-state index contributed by atoms with van der Waals surface area (Å²) < 4.78 is 0. The van der Waals surface area contributed by atoms with E-state index in [1.54, 1.807) is 0 Å². The van der Waals surface area contributed by atoms with Gasteiger partial charge in [-0.1, -0.05) is 6.08 Å². The van der Waals surface area contributed by atoms with Gasteiger partial charge in [0.05, 0.1) is 0 Å². The Morgan fingerprint density at radius 2 is 2.56 bits per heavy atom. The van der Waals surface area contributed by atoms with Crippen LogP contribution in [0.25, 0.3) is 0 Å². The monoisotopic (exact) mass is 120 g/mol. The number of aliphatic imine (C=N–C) groups is 1. The molecule has 0 atom stereocenters. The van der Waals surface area contributed by atoms with Crippen LogP contribution in [0.3, 0.4) is 0 Å². The maximum absolute atomic E-state index is 8.40. The summed E-state index contributed by atoms with van der Waals surface area (Å²) in [6.07, 6.45) is 3.83. The number of hydrogen-bond acceptors (Lipinski definition) is 2. The molecule has 0 aliphatic carbocycles. The lowest BCUT2D eigenvalue weighted by atomic mass is 10.1. The van der Waals surface area contributed by atoms with Crippen LogP contribution < -0.4 is 0 Å². The first kappa shape index (κ1) is 6.03. The fraction of sp³-hybridized carbons (Fsp3) is 0.429. The van der Waals surface area contributed by atoms with Crippen molar-refractivity contribution in [3.8, 4) is 6.07 Å². The van der Waals surface area contributed by atoms with Crippen molar-refractivity contribution >= 4 is 5.71 Å². The van der Waals surface area contributed by atoms with Gasteiger partial charge in [0, 0.05) is 12.1 Å². The van der Waals surface area contributed by atoms with Gasteiger partial charge in [-0.2, -0.15) is 5.26 Å². The van der Waals surface area contributed by atoms with Crippen molar-refractivity contribution in [2.24, 2.45) is 4.99 Å². The summed E-state index contributed by atoms with van der Waals surface area (Å²) in [7, 11) is 0. The quantitative estimate of drug-likeness (QED) is 0.478. The second kappa shape index (κ2) is 2.45. The number of rotatable bonds is 0. The van der Waals surface area contributed by atoms with Gasteiger partial charge in [0.2, 0.25) is 0 Å². The summed E-state index contributed by atoms with van der Waals surface area (Å²) in [6.45, 7) is 1.91. The lowest BCUT2D eigenvalue weighted by molar-refractivity contribution is 1.03. The molecule has 1 aliphatic heterocycles. The molecule has 1 heterocycles. The molecule has 2 nitrogen and oxygen atoms in total. The predicted molar refractivity (Wildman–Crippen MR) is 36.0 cm³/mol. The Morgan fingerprint density at radius 3 is 3.00 bits per heavy atom. The number of nitrogens with zero attached hydrogens (tertiary/aromatic N) is 2. The smallest absolute Gasteiger partial charge is 0.118 e. The second-order valence-corrected chi connectivity index (χ2v) is 2.05. The summed E-state index contributed by atoms with van der Waals surface area (Å²) in [5, 5.41) is 8.40. The van der Waals surface area contributed by atoms with Gasteiger partial charge in [0.1, 0.15) is 11.8 Å². The van der Waals surface area contributed by atoms with Gasteiger partial charge < -0.3 is 0 Å². The Balaban J connectivity index is 2.78. The van der Waals surface area contributed by atoms with Gasteiger partial charge in [-0.25, -0.2) is 4.99 Å². The maximum atomic E-state index is 8.40. The lowest BCUT2D eigenvalue weighted by Gasteiger charge is -2.01. The molecule has 0 amide bonds. The van der Waals surface area contributed by atoms with Gasteiger partial charge in [0.25, 0.3) is 0 Å². The molecule has 1 rings (SSSR count). The van der Waals surface area contributed by atoms with Gasteiger partial charge in [0.15, 0.2) is 0 Å². The highest BCUT2D eigenvalue weighted by atomic mass is 14.8. The summed E-state index contributed by atoms with van der Waals surface area (Å²) in [5.41, 5.74) is 1.63. The minimum atomic E-state index is 0.662. The summed E-state index contributed by atoms with van der Waals surface area (Å²) in [6, 6.07) is 2.04. The third kappa shape index (κ3) is 1.39. The van der Waals surface area contributed by atoms with E-state index in [4.69, 9.17) is 5.26 Å². The zero-order chi connectivity index (χ0) is 6.69.